The number of thiazole rings is 1. The molecule has 3 unspecified atom stereocenters. The first-order valence-corrected chi connectivity index (χ1v) is 7.06. The van der Waals surface area contributed by atoms with Crippen molar-refractivity contribution in [1.82, 2.24) is 10.3 Å². The Morgan fingerprint density at radius 1 is 1.44 bits per heavy atom. The zero-order valence-corrected chi connectivity index (χ0v) is 10.2. The lowest BCUT2D eigenvalue weighted by atomic mass is 9.89. The maximum atomic E-state index is 10.9. The molecule has 16 heavy (non-hydrogen) atoms. The fourth-order valence-electron chi connectivity index (χ4n) is 3.42. The van der Waals surface area contributed by atoms with Crippen molar-refractivity contribution in [2.75, 3.05) is 6.54 Å². The first-order valence-electron chi connectivity index (χ1n) is 6.18. The van der Waals surface area contributed by atoms with E-state index in [0.717, 1.165) is 36.5 Å². The van der Waals surface area contributed by atoms with Crippen LogP contribution < -0.4 is 10.2 Å². The Labute approximate surface area is 99.3 Å². The number of fused-ring (bicyclic) bond motifs is 2. The molecule has 4 heteroatoms. The minimum absolute atomic E-state index is 0.0525. The minimum atomic E-state index is 0.0525. The normalized spacial score (nSPS) is 32.4. The first kappa shape index (κ1) is 10.5. The van der Waals surface area contributed by atoms with Crippen LogP contribution in [0.4, 0.5) is 0 Å². The smallest absolute Gasteiger partial charge is 0.304 e. The van der Waals surface area contributed by atoms with Crippen LogP contribution in [-0.4, -0.2) is 11.5 Å². The maximum Gasteiger partial charge on any atom is 0.304 e. The van der Waals surface area contributed by atoms with E-state index in [0.29, 0.717) is 0 Å². The molecule has 1 aromatic rings. The number of hydrogen-bond donors (Lipinski definition) is 2. The van der Waals surface area contributed by atoms with E-state index >= 15 is 0 Å². The summed E-state index contributed by atoms with van der Waals surface area (Å²) < 4.78 is 0. The highest BCUT2D eigenvalue weighted by molar-refractivity contribution is 7.07. The highest BCUT2D eigenvalue weighted by Crippen LogP contribution is 2.47. The third kappa shape index (κ3) is 2.09. The van der Waals surface area contributed by atoms with Gasteiger partial charge in [-0.25, -0.2) is 0 Å². The molecular weight excluding hydrogens is 220 g/mol. The van der Waals surface area contributed by atoms with E-state index in [1.807, 2.05) is 5.38 Å². The van der Waals surface area contributed by atoms with Crippen molar-refractivity contribution in [2.45, 2.75) is 32.2 Å². The van der Waals surface area contributed by atoms with Crippen molar-refractivity contribution in [3.8, 4) is 0 Å². The molecule has 2 aliphatic rings. The van der Waals surface area contributed by atoms with Crippen molar-refractivity contribution < 1.29 is 0 Å². The number of H-pyrrole nitrogens is 1. The molecule has 0 saturated heterocycles. The summed E-state index contributed by atoms with van der Waals surface area (Å²) in [7, 11) is 0. The van der Waals surface area contributed by atoms with E-state index in [9.17, 15) is 4.79 Å². The van der Waals surface area contributed by atoms with Gasteiger partial charge in [0.25, 0.3) is 0 Å². The number of rotatable bonds is 4. The summed E-state index contributed by atoms with van der Waals surface area (Å²) in [5.74, 6) is 2.90. The van der Waals surface area contributed by atoms with Crippen LogP contribution in [0.1, 0.15) is 31.4 Å². The van der Waals surface area contributed by atoms with Crippen LogP contribution in [0.5, 0.6) is 0 Å². The molecular formula is C12H18N2OS. The summed E-state index contributed by atoms with van der Waals surface area (Å²) in [6, 6.07) is 0. The Bertz CT molecular complexity index is 411. The van der Waals surface area contributed by atoms with Gasteiger partial charge in [-0.15, -0.1) is 0 Å². The molecule has 88 valence electrons. The second-order valence-electron chi connectivity index (χ2n) is 5.24. The van der Waals surface area contributed by atoms with Gasteiger partial charge in [0.2, 0.25) is 0 Å². The van der Waals surface area contributed by atoms with Gasteiger partial charge >= 0.3 is 4.87 Å². The van der Waals surface area contributed by atoms with E-state index in [1.54, 1.807) is 0 Å². The number of aromatic amines is 1. The summed E-state index contributed by atoms with van der Waals surface area (Å²) in [6.07, 6.45) is 5.82. The van der Waals surface area contributed by atoms with Crippen LogP contribution in [0.3, 0.4) is 0 Å². The zero-order chi connectivity index (χ0) is 11.0. The van der Waals surface area contributed by atoms with Crippen LogP contribution in [0.2, 0.25) is 0 Å². The molecule has 3 nitrogen and oxygen atoms in total. The Hall–Kier alpha value is -0.610. The van der Waals surface area contributed by atoms with Crippen molar-refractivity contribution >= 4 is 11.3 Å². The van der Waals surface area contributed by atoms with E-state index in [2.05, 4.69) is 10.3 Å². The maximum absolute atomic E-state index is 10.9. The Kier molecular flexibility index (Phi) is 2.86. The van der Waals surface area contributed by atoms with Gasteiger partial charge in [-0.3, -0.25) is 4.79 Å². The molecule has 0 spiro atoms. The fraction of sp³-hybridized carbons (Fsp3) is 0.750. The standard InChI is InChI=1S/C12H18N2OS/c15-12-14-11(7-16-12)6-13-5-10-4-8-1-2-9(10)3-8/h7-10,13H,1-6H2,(H,14,15). The van der Waals surface area contributed by atoms with Crippen LogP contribution >= 0.6 is 11.3 Å². The van der Waals surface area contributed by atoms with Crippen LogP contribution in [-0.2, 0) is 6.54 Å². The topological polar surface area (TPSA) is 44.9 Å². The van der Waals surface area contributed by atoms with E-state index < -0.39 is 0 Å². The Morgan fingerprint density at radius 2 is 2.38 bits per heavy atom. The molecule has 2 aliphatic carbocycles. The molecule has 0 amide bonds. The average molecular weight is 238 g/mol. The summed E-state index contributed by atoms with van der Waals surface area (Å²) >= 11 is 1.25. The lowest BCUT2D eigenvalue weighted by molar-refractivity contribution is 0.318. The summed E-state index contributed by atoms with van der Waals surface area (Å²) in [5, 5.41) is 5.39. The summed E-state index contributed by atoms with van der Waals surface area (Å²) in [5.41, 5.74) is 1.03. The average Bonchev–Trinajstić information content (AvgIpc) is 2.94. The number of hydrogen-bond acceptors (Lipinski definition) is 3. The van der Waals surface area contributed by atoms with Gasteiger partial charge in [0.15, 0.2) is 0 Å². The molecule has 0 aliphatic heterocycles. The molecule has 2 N–H and O–H groups in total. The Balaban J connectivity index is 1.45. The van der Waals surface area contributed by atoms with Gasteiger partial charge in [-0.1, -0.05) is 17.8 Å². The second-order valence-corrected chi connectivity index (χ2v) is 6.08. The predicted octanol–water partition coefficient (Wildman–Crippen LogP) is 1.96. The molecule has 1 heterocycles. The molecule has 3 rings (SSSR count). The van der Waals surface area contributed by atoms with Gasteiger partial charge in [-0.2, -0.15) is 0 Å². The Morgan fingerprint density at radius 3 is 3.00 bits per heavy atom. The first-order chi connectivity index (χ1) is 7.81. The van der Waals surface area contributed by atoms with Crippen LogP contribution in [0.25, 0.3) is 0 Å². The van der Waals surface area contributed by atoms with Crippen molar-refractivity contribution in [2.24, 2.45) is 17.8 Å². The van der Waals surface area contributed by atoms with Gasteiger partial charge < -0.3 is 10.3 Å². The van der Waals surface area contributed by atoms with Gasteiger partial charge in [0.05, 0.1) is 0 Å². The molecule has 1 aromatic heterocycles. The van der Waals surface area contributed by atoms with E-state index in [-0.39, 0.29) is 4.87 Å². The summed E-state index contributed by atoms with van der Waals surface area (Å²) in [6.45, 7) is 1.94. The van der Waals surface area contributed by atoms with Crippen molar-refractivity contribution in [3.05, 3.63) is 20.7 Å². The zero-order valence-electron chi connectivity index (χ0n) is 9.37. The lowest BCUT2D eigenvalue weighted by Gasteiger charge is -2.21. The fourth-order valence-corrected chi connectivity index (χ4v) is 4.00. The van der Waals surface area contributed by atoms with E-state index in [1.165, 1.54) is 37.0 Å². The van der Waals surface area contributed by atoms with Crippen LogP contribution in [0.15, 0.2) is 10.2 Å². The quantitative estimate of drug-likeness (QED) is 0.842. The molecule has 3 atom stereocenters. The number of aromatic nitrogens is 1. The lowest BCUT2D eigenvalue weighted by Crippen LogP contribution is -2.26. The predicted molar refractivity (Wildman–Crippen MR) is 65.6 cm³/mol. The highest BCUT2D eigenvalue weighted by atomic mass is 32.1. The van der Waals surface area contributed by atoms with Gasteiger partial charge in [0.1, 0.15) is 0 Å². The van der Waals surface area contributed by atoms with E-state index in [4.69, 9.17) is 0 Å². The molecule has 0 radical (unpaired) electrons. The minimum Gasteiger partial charge on any atom is -0.315 e. The van der Waals surface area contributed by atoms with Gasteiger partial charge in [0, 0.05) is 17.6 Å². The molecule has 2 bridgehead atoms. The highest BCUT2D eigenvalue weighted by Gasteiger charge is 2.38. The van der Waals surface area contributed by atoms with Crippen LogP contribution in [0, 0.1) is 17.8 Å². The second kappa shape index (κ2) is 4.34. The molecule has 2 fully saturated rings. The number of nitrogens with one attached hydrogen (secondary N) is 2. The van der Waals surface area contributed by atoms with Crippen molar-refractivity contribution in [1.29, 1.82) is 0 Å². The van der Waals surface area contributed by atoms with Gasteiger partial charge in [-0.05, 0) is 43.6 Å². The SMILES string of the molecule is O=c1[nH]c(CNCC2CC3CCC2C3)cs1. The monoisotopic (exact) mass is 238 g/mol. The largest absolute Gasteiger partial charge is 0.315 e. The third-order valence-corrected chi connectivity index (χ3v) is 4.90. The molecule has 2 saturated carbocycles. The third-order valence-electron chi connectivity index (χ3n) is 4.18. The van der Waals surface area contributed by atoms with Crippen molar-refractivity contribution in [3.63, 3.8) is 0 Å². The molecule has 0 aromatic carbocycles. The summed E-state index contributed by atoms with van der Waals surface area (Å²) in [4.78, 5) is 13.8.